The van der Waals surface area contributed by atoms with Gasteiger partial charge in [-0.15, -0.1) is 0 Å². The van der Waals surface area contributed by atoms with Crippen molar-refractivity contribution in [2.75, 3.05) is 12.4 Å². The van der Waals surface area contributed by atoms with Crippen LogP contribution in [0.4, 0.5) is 5.69 Å². The Balaban J connectivity index is 1.58. The maximum absolute atomic E-state index is 12.9. The van der Waals surface area contributed by atoms with E-state index in [1.165, 1.54) is 6.08 Å². The number of methoxy groups -OCH3 is 1. The molecule has 0 aromatic heterocycles. The Bertz CT molecular complexity index is 1550. The number of aryl methyl sites for hydroxylation is 1. The molecular formula is C29H21Br3N2O3. The quantitative estimate of drug-likeness (QED) is 0.156. The van der Waals surface area contributed by atoms with E-state index in [2.05, 4.69) is 71.3 Å². The van der Waals surface area contributed by atoms with Gasteiger partial charge in [-0.2, -0.15) is 5.26 Å². The number of hydrogen-bond donors (Lipinski definition) is 1. The highest BCUT2D eigenvalue weighted by Crippen LogP contribution is 2.38. The van der Waals surface area contributed by atoms with Crippen LogP contribution < -0.4 is 14.8 Å². The van der Waals surface area contributed by atoms with Crippen molar-refractivity contribution in [3.05, 3.63) is 102 Å². The molecule has 1 N–H and O–H groups in total. The Morgan fingerprint density at radius 3 is 2.41 bits per heavy atom. The van der Waals surface area contributed by atoms with Crippen molar-refractivity contribution in [3.8, 4) is 17.6 Å². The molecule has 5 nitrogen and oxygen atoms in total. The summed E-state index contributed by atoms with van der Waals surface area (Å²) in [5, 5.41) is 14.8. The number of nitriles is 1. The summed E-state index contributed by atoms with van der Waals surface area (Å²) in [4.78, 5) is 12.9. The van der Waals surface area contributed by atoms with Gasteiger partial charge in [-0.3, -0.25) is 4.79 Å². The van der Waals surface area contributed by atoms with Crippen molar-refractivity contribution in [1.82, 2.24) is 0 Å². The van der Waals surface area contributed by atoms with Crippen molar-refractivity contribution in [2.24, 2.45) is 0 Å². The molecule has 4 rings (SSSR count). The molecule has 0 aliphatic heterocycles. The molecule has 0 atom stereocenters. The molecule has 4 aromatic carbocycles. The fraction of sp³-hybridized carbons (Fsp3) is 0.103. The van der Waals surface area contributed by atoms with E-state index in [1.807, 2.05) is 49.4 Å². The summed E-state index contributed by atoms with van der Waals surface area (Å²) >= 11 is 10.5. The lowest BCUT2D eigenvalue weighted by Gasteiger charge is -2.15. The van der Waals surface area contributed by atoms with Crippen LogP contribution in [0.2, 0.25) is 0 Å². The van der Waals surface area contributed by atoms with E-state index in [9.17, 15) is 10.1 Å². The van der Waals surface area contributed by atoms with Crippen LogP contribution in [0.5, 0.6) is 11.5 Å². The summed E-state index contributed by atoms with van der Waals surface area (Å²) in [6.07, 6.45) is 1.51. The van der Waals surface area contributed by atoms with Crippen LogP contribution in [0.25, 0.3) is 16.8 Å². The molecule has 0 saturated carbocycles. The van der Waals surface area contributed by atoms with Crippen molar-refractivity contribution >= 4 is 76.2 Å². The number of hydrogen-bond acceptors (Lipinski definition) is 4. The van der Waals surface area contributed by atoms with Gasteiger partial charge in [0.1, 0.15) is 18.2 Å². The van der Waals surface area contributed by atoms with Gasteiger partial charge >= 0.3 is 0 Å². The first-order valence-corrected chi connectivity index (χ1v) is 13.5. The zero-order chi connectivity index (χ0) is 26.5. The Morgan fingerprint density at radius 1 is 1.00 bits per heavy atom. The van der Waals surface area contributed by atoms with Gasteiger partial charge in [0.05, 0.1) is 17.3 Å². The van der Waals surface area contributed by atoms with E-state index in [0.29, 0.717) is 42.8 Å². The van der Waals surface area contributed by atoms with E-state index in [0.717, 1.165) is 21.9 Å². The van der Waals surface area contributed by atoms with Gasteiger partial charge in [-0.05, 0) is 113 Å². The van der Waals surface area contributed by atoms with Gasteiger partial charge in [0, 0.05) is 8.95 Å². The summed E-state index contributed by atoms with van der Waals surface area (Å²) in [5.74, 6) is 0.477. The van der Waals surface area contributed by atoms with Gasteiger partial charge in [0.25, 0.3) is 5.91 Å². The van der Waals surface area contributed by atoms with Crippen LogP contribution in [0, 0.1) is 18.3 Å². The third kappa shape index (κ3) is 6.24. The van der Waals surface area contributed by atoms with E-state index in [4.69, 9.17) is 9.47 Å². The molecule has 0 saturated heterocycles. The molecule has 0 aliphatic rings. The van der Waals surface area contributed by atoms with Gasteiger partial charge in [0.2, 0.25) is 0 Å². The normalized spacial score (nSPS) is 11.2. The molecule has 1 amide bonds. The van der Waals surface area contributed by atoms with Crippen molar-refractivity contribution in [2.45, 2.75) is 13.5 Å². The molecule has 186 valence electrons. The Morgan fingerprint density at radius 2 is 1.70 bits per heavy atom. The highest BCUT2D eigenvalue weighted by Gasteiger charge is 2.17. The summed E-state index contributed by atoms with van der Waals surface area (Å²) in [7, 11) is 1.55. The fourth-order valence-corrected chi connectivity index (χ4v) is 6.03. The largest absolute Gasteiger partial charge is 0.493 e. The first kappa shape index (κ1) is 26.9. The number of nitrogens with one attached hydrogen (secondary N) is 1. The number of ether oxygens (including phenoxy) is 2. The van der Waals surface area contributed by atoms with E-state index in [1.54, 1.807) is 19.2 Å². The standard InChI is InChI=1S/C29H21Br3N2O3/c1-17-10-23(30)27(24(31)11-17)34-29(35)21(15-33)12-18-13-25(32)28(26(14-18)36-2)37-16-20-8-5-7-19-6-3-4-9-22(19)20/h3-14H,16H2,1-2H3,(H,34,35)/b21-12+. The number of carbonyl (C=O) groups excluding carboxylic acids is 1. The van der Waals surface area contributed by atoms with Crippen molar-refractivity contribution < 1.29 is 14.3 Å². The van der Waals surface area contributed by atoms with Crippen molar-refractivity contribution in [3.63, 3.8) is 0 Å². The number of halogens is 3. The smallest absolute Gasteiger partial charge is 0.266 e. The van der Waals surface area contributed by atoms with Crippen LogP contribution >= 0.6 is 47.8 Å². The number of amides is 1. The lowest BCUT2D eigenvalue weighted by molar-refractivity contribution is -0.112. The maximum atomic E-state index is 12.9. The number of fused-ring (bicyclic) bond motifs is 1. The maximum Gasteiger partial charge on any atom is 0.266 e. The third-order valence-corrected chi connectivity index (χ3v) is 7.44. The summed E-state index contributed by atoms with van der Waals surface area (Å²) in [6.45, 7) is 2.29. The molecule has 0 spiro atoms. The summed E-state index contributed by atoms with van der Waals surface area (Å²) in [6, 6.07) is 23.5. The van der Waals surface area contributed by atoms with E-state index in [-0.39, 0.29) is 5.57 Å². The van der Waals surface area contributed by atoms with Gasteiger partial charge in [0.15, 0.2) is 11.5 Å². The molecule has 4 aromatic rings. The lowest BCUT2D eigenvalue weighted by atomic mass is 10.1. The average Bonchev–Trinajstić information content (AvgIpc) is 2.88. The predicted octanol–water partition coefficient (Wildman–Crippen LogP) is 8.57. The Kier molecular flexibility index (Phi) is 8.70. The zero-order valence-electron chi connectivity index (χ0n) is 19.9. The van der Waals surface area contributed by atoms with E-state index < -0.39 is 5.91 Å². The van der Waals surface area contributed by atoms with Crippen LogP contribution in [-0.4, -0.2) is 13.0 Å². The number of rotatable bonds is 7. The molecule has 0 radical (unpaired) electrons. The highest BCUT2D eigenvalue weighted by atomic mass is 79.9. The number of anilines is 1. The minimum absolute atomic E-state index is 0.0576. The SMILES string of the molecule is COc1cc(/C=C(\C#N)C(=O)Nc2c(Br)cc(C)cc2Br)cc(Br)c1OCc1cccc2ccccc12. The van der Waals surface area contributed by atoms with Crippen LogP contribution in [-0.2, 0) is 11.4 Å². The third-order valence-electron chi connectivity index (χ3n) is 5.60. The van der Waals surface area contributed by atoms with Crippen LogP contribution in [0.1, 0.15) is 16.7 Å². The molecule has 8 heteroatoms. The first-order chi connectivity index (χ1) is 17.8. The molecule has 0 heterocycles. The minimum Gasteiger partial charge on any atom is -0.493 e. The Labute approximate surface area is 240 Å². The van der Waals surface area contributed by atoms with E-state index >= 15 is 0 Å². The molecule has 0 unspecified atom stereocenters. The monoisotopic (exact) mass is 682 g/mol. The molecular weight excluding hydrogens is 664 g/mol. The molecule has 37 heavy (non-hydrogen) atoms. The first-order valence-electron chi connectivity index (χ1n) is 11.2. The number of carbonyl (C=O) groups is 1. The number of nitrogens with zero attached hydrogens (tertiary/aromatic N) is 1. The lowest BCUT2D eigenvalue weighted by Crippen LogP contribution is -2.14. The second-order valence-corrected chi connectivity index (χ2v) is 10.8. The predicted molar refractivity (Wildman–Crippen MR) is 158 cm³/mol. The topological polar surface area (TPSA) is 71.3 Å². The van der Waals surface area contributed by atoms with Crippen molar-refractivity contribution in [1.29, 1.82) is 5.26 Å². The summed E-state index contributed by atoms with van der Waals surface area (Å²) < 4.78 is 13.8. The molecule has 0 fully saturated rings. The summed E-state index contributed by atoms with van der Waals surface area (Å²) in [5.41, 5.74) is 3.17. The average molecular weight is 685 g/mol. The second-order valence-electron chi connectivity index (χ2n) is 8.19. The Hall–Kier alpha value is -3.12. The highest BCUT2D eigenvalue weighted by molar-refractivity contribution is 9.11. The van der Waals surface area contributed by atoms with Gasteiger partial charge < -0.3 is 14.8 Å². The fourth-order valence-electron chi connectivity index (χ4n) is 3.85. The van der Waals surface area contributed by atoms with Gasteiger partial charge in [-0.25, -0.2) is 0 Å². The number of benzene rings is 4. The molecule has 0 bridgehead atoms. The molecule has 0 aliphatic carbocycles. The minimum atomic E-state index is -0.529. The van der Waals surface area contributed by atoms with Crippen LogP contribution in [0.3, 0.4) is 0 Å². The zero-order valence-corrected chi connectivity index (χ0v) is 24.7. The second kappa shape index (κ2) is 12.0. The van der Waals surface area contributed by atoms with Crippen LogP contribution in [0.15, 0.2) is 85.7 Å². The van der Waals surface area contributed by atoms with Gasteiger partial charge in [-0.1, -0.05) is 42.5 Å².